The van der Waals surface area contributed by atoms with E-state index >= 15 is 0 Å². The highest BCUT2D eigenvalue weighted by Gasteiger charge is 2.17. The van der Waals surface area contributed by atoms with Gasteiger partial charge in [-0.2, -0.15) is 0 Å². The van der Waals surface area contributed by atoms with Gasteiger partial charge in [-0.25, -0.2) is 4.79 Å². The number of rotatable bonds is 3. The van der Waals surface area contributed by atoms with Crippen LogP contribution in [0, 0.1) is 6.92 Å². The van der Waals surface area contributed by atoms with Crippen LogP contribution in [0.2, 0.25) is 5.02 Å². The van der Waals surface area contributed by atoms with Crippen molar-refractivity contribution in [2.45, 2.75) is 13.8 Å². The second kappa shape index (κ2) is 5.27. The van der Waals surface area contributed by atoms with E-state index in [0.29, 0.717) is 28.7 Å². The topological polar surface area (TPSA) is 39.4 Å². The van der Waals surface area contributed by atoms with Gasteiger partial charge in [0.15, 0.2) is 0 Å². The first-order chi connectivity index (χ1) is 8.63. The number of aryl methyl sites for hydroxylation is 1. The summed E-state index contributed by atoms with van der Waals surface area (Å²) in [5.41, 5.74) is 1.20. The molecular formula is C14H13ClO3. The zero-order valence-corrected chi connectivity index (χ0v) is 11.0. The first-order valence-corrected chi connectivity index (χ1v) is 6.03. The minimum absolute atomic E-state index is 0.338. The number of carbonyl (C=O) groups excluding carboxylic acids is 1. The van der Waals surface area contributed by atoms with Gasteiger partial charge in [-0.1, -0.05) is 23.7 Å². The van der Waals surface area contributed by atoms with Gasteiger partial charge in [-0.05, 0) is 32.0 Å². The van der Waals surface area contributed by atoms with Gasteiger partial charge in [0.25, 0.3) is 0 Å². The predicted octanol–water partition coefficient (Wildman–Crippen LogP) is 4.09. The molecule has 18 heavy (non-hydrogen) atoms. The van der Waals surface area contributed by atoms with Gasteiger partial charge >= 0.3 is 5.97 Å². The number of halogens is 1. The third-order valence-corrected chi connectivity index (χ3v) is 2.88. The molecule has 0 unspecified atom stereocenters. The van der Waals surface area contributed by atoms with Gasteiger partial charge < -0.3 is 9.15 Å². The largest absolute Gasteiger partial charge is 0.462 e. The molecule has 0 amide bonds. The van der Waals surface area contributed by atoms with Crippen LogP contribution >= 0.6 is 11.6 Å². The SMILES string of the molecule is CCOC(=O)c1cc(-c2ccccc2Cl)oc1C. The number of benzene rings is 1. The Bertz CT molecular complexity index is 572. The van der Waals surface area contributed by atoms with Crippen molar-refractivity contribution in [1.29, 1.82) is 0 Å². The molecule has 0 bridgehead atoms. The van der Waals surface area contributed by atoms with Gasteiger partial charge in [0.2, 0.25) is 0 Å². The quantitative estimate of drug-likeness (QED) is 0.784. The van der Waals surface area contributed by atoms with Crippen LogP contribution in [0.4, 0.5) is 0 Å². The van der Waals surface area contributed by atoms with Crippen molar-refractivity contribution in [1.82, 2.24) is 0 Å². The second-order valence-electron chi connectivity index (χ2n) is 3.78. The zero-order valence-electron chi connectivity index (χ0n) is 10.2. The maximum Gasteiger partial charge on any atom is 0.341 e. The van der Waals surface area contributed by atoms with Crippen LogP contribution in [0.5, 0.6) is 0 Å². The summed E-state index contributed by atoms with van der Waals surface area (Å²) in [6, 6.07) is 8.99. The molecule has 0 N–H and O–H groups in total. The van der Waals surface area contributed by atoms with E-state index in [1.807, 2.05) is 18.2 Å². The standard InChI is InChI=1S/C14H13ClO3/c1-3-17-14(16)11-8-13(18-9(11)2)10-6-4-5-7-12(10)15/h4-8H,3H2,1-2H3. The molecule has 1 aromatic heterocycles. The van der Waals surface area contributed by atoms with Crippen molar-refractivity contribution >= 4 is 17.6 Å². The normalized spacial score (nSPS) is 10.4. The first kappa shape index (κ1) is 12.7. The Hall–Kier alpha value is -1.74. The maximum absolute atomic E-state index is 11.7. The summed E-state index contributed by atoms with van der Waals surface area (Å²) in [4.78, 5) is 11.7. The molecule has 1 heterocycles. The van der Waals surface area contributed by atoms with Gasteiger partial charge in [0.05, 0.1) is 11.6 Å². The van der Waals surface area contributed by atoms with Crippen LogP contribution < -0.4 is 0 Å². The second-order valence-corrected chi connectivity index (χ2v) is 4.19. The van der Waals surface area contributed by atoms with E-state index in [4.69, 9.17) is 20.8 Å². The van der Waals surface area contributed by atoms with Crippen LogP contribution in [0.15, 0.2) is 34.7 Å². The highest BCUT2D eigenvalue weighted by Crippen LogP contribution is 2.31. The summed E-state index contributed by atoms with van der Waals surface area (Å²) in [5.74, 6) is 0.724. The molecule has 0 radical (unpaired) electrons. The molecular weight excluding hydrogens is 252 g/mol. The van der Waals surface area contributed by atoms with Crippen molar-refractivity contribution in [3.63, 3.8) is 0 Å². The number of furan rings is 1. The number of esters is 1. The Morgan fingerprint density at radius 1 is 1.39 bits per heavy atom. The molecule has 0 fully saturated rings. The van der Waals surface area contributed by atoms with Crippen molar-refractivity contribution < 1.29 is 13.9 Å². The minimum atomic E-state index is -0.378. The summed E-state index contributed by atoms with van der Waals surface area (Å²) in [6.07, 6.45) is 0. The van der Waals surface area contributed by atoms with Crippen LogP contribution in [0.1, 0.15) is 23.0 Å². The van der Waals surface area contributed by atoms with E-state index in [0.717, 1.165) is 5.56 Å². The Balaban J connectivity index is 2.41. The summed E-state index contributed by atoms with van der Waals surface area (Å²) in [6.45, 7) is 3.83. The molecule has 0 saturated heterocycles. The molecule has 4 heteroatoms. The Labute approximate surface area is 110 Å². The average Bonchev–Trinajstić information content (AvgIpc) is 2.72. The molecule has 0 spiro atoms. The van der Waals surface area contributed by atoms with E-state index in [-0.39, 0.29) is 5.97 Å². The monoisotopic (exact) mass is 264 g/mol. The molecule has 2 aromatic rings. The van der Waals surface area contributed by atoms with Crippen LogP contribution in [-0.2, 0) is 4.74 Å². The number of hydrogen-bond donors (Lipinski definition) is 0. The summed E-state index contributed by atoms with van der Waals surface area (Å²) in [7, 11) is 0. The minimum Gasteiger partial charge on any atom is -0.462 e. The molecule has 94 valence electrons. The summed E-state index contributed by atoms with van der Waals surface area (Å²) in [5, 5.41) is 0.585. The molecule has 0 aliphatic carbocycles. The number of hydrogen-bond acceptors (Lipinski definition) is 3. The lowest BCUT2D eigenvalue weighted by atomic mass is 10.1. The van der Waals surface area contributed by atoms with Gasteiger partial charge in [0, 0.05) is 5.56 Å². The van der Waals surface area contributed by atoms with E-state index < -0.39 is 0 Å². The van der Waals surface area contributed by atoms with Gasteiger partial charge in [0.1, 0.15) is 17.1 Å². The lowest BCUT2D eigenvalue weighted by Gasteiger charge is -1.98. The number of carbonyl (C=O) groups is 1. The smallest absolute Gasteiger partial charge is 0.341 e. The van der Waals surface area contributed by atoms with Gasteiger partial charge in [-0.15, -0.1) is 0 Å². The predicted molar refractivity (Wildman–Crippen MR) is 69.8 cm³/mol. The van der Waals surface area contributed by atoms with Crippen molar-refractivity contribution in [2.75, 3.05) is 6.61 Å². The van der Waals surface area contributed by atoms with E-state index in [9.17, 15) is 4.79 Å². The molecule has 0 aliphatic heterocycles. The van der Waals surface area contributed by atoms with E-state index in [1.54, 1.807) is 26.0 Å². The molecule has 1 aromatic carbocycles. The van der Waals surface area contributed by atoms with E-state index in [1.165, 1.54) is 0 Å². The summed E-state index contributed by atoms with van der Waals surface area (Å²) >= 11 is 6.08. The third kappa shape index (κ3) is 2.41. The molecule has 3 nitrogen and oxygen atoms in total. The first-order valence-electron chi connectivity index (χ1n) is 5.66. The molecule has 0 aliphatic rings. The zero-order chi connectivity index (χ0) is 13.1. The van der Waals surface area contributed by atoms with Crippen LogP contribution in [0.25, 0.3) is 11.3 Å². The maximum atomic E-state index is 11.7. The fraction of sp³-hybridized carbons (Fsp3) is 0.214. The Morgan fingerprint density at radius 2 is 2.11 bits per heavy atom. The van der Waals surface area contributed by atoms with Crippen molar-refractivity contribution in [3.05, 3.63) is 46.7 Å². The Morgan fingerprint density at radius 3 is 2.78 bits per heavy atom. The lowest BCUT2D eigenvalue weighted by molar-refractivity contribution is 0.0524. The fourth-order valence-corrected chi connectivity index (χ4v) is 1.92. The third-order valence-electron chi connectivity index (χ3n) is 2.55. The average molecular weight is 265 g/mol. The molecule has 0 saturated carbocycles. The van der Waals surface area contributed by atoms with Gasteiger partial charge in [-0.3, -0.25) is 0 Å². The highest BCUT2D eigenvalue weighted by molar-refractivity contribution is 6.33. The van der Waals surface area contributed by atoms with Crippen molar-refractivity contribution in [3.8, 4) is 11.3 Å². The van der Waals surface area contributed by atoms with E-state index in [2.05, 4.69) is 0 Å². The van der Waals surface area contributed by atoms with Crippen molar-refractivity contribution in [2.24, 2.45) is 0 Å². The van der Waals surface area contributed by atoms with Crippen LogP contribution in [0.3, 0.4) is 0 Å². The Kier molecular flexibility index (Phi) is 3.72. The lowest BCUT2D eigenvalue weighted by Crippen LogP contribution is -2.04. The molecule has 2 rings (SSSR count). The summed E-state index contributed by atoms with van der Waals surface area (Å²) < 4.78 is 10.5. The highest BCUT2D eigenvalue weighted by atomic mass is 35.5. The molecule has 0 atom stereocenters. The van der Waals surface area contributed by atoms with Crippen LogP contribution in [-0.4, -0.2) is 12.6 Å². The fourth-order valence-electron chi connectivity index (χ4n) is 1.69. The number of ether oxygens (including phenoxy) is 1.